The Morgan fingerprint density at radius 3 is 2.01 bits per heavy atom. The van der Waals surface area contributed by atoms with Crippen LogP contribution in [0.4, 0.5) is 5.13 Å². The molecule has 786 valence electrons. The predicted octanol–water partition coefficient (Wildman–Crippen LogP) is -0.823. The first-order chi connectivity index (χ1) is 69.7. The minimum Gasteiger partial charge on any atom is -0.507 e. The SMILES string of the molecule is CN[C@H](CC(C)C)C(=O)N[C@H]1C(=O)N[C@@H](CC(N)=O)C(=O)N[C@H]2C(=O)NC3C(=O)NC(C(=O)N[C@H](C(=O)O)c4cc(O)c(CNCCNC(=O)CCC(=O)NCc5ccc[n+](CC6=C(C(=O)O)N7C(=O)[C@@H](NC(=O)/C(=N\OC)c8nc(N)sc8Cl)[C@H]7SC6)c5)c(O)c4-c4cc3ccc4O)[C@H](O)c3ccc(c(Cl)c3)Oc3cc2cc(c3O[C@@H]2O[C@H](CO)[C@@H](O)[C@H](O)[C@H]2O[C@H]2C[C@](C)(N)[C@H](O)[C@H](C)O2)Oc2ccc(cc2Cl)[C@H]1O. The second-order valence-corrected chi connectivity index (χ2v) is 39.6. The van der Waals surface area contributed by atoms with Crippen LogP contribution in [0.1, 0.15) is 135 Å². The van der Waals surface area contributed by atoms with Crippen molar-refractivity contribution in [2.75, 3.05) is 45.3 Å². The number of rotatable bonds is 30. The summed E-state index contributed by atoms with van der Waals surface area (Å²) in [5.41, 5.74) is 12.9. The van der Waals surface area contributed by atoms with Crippen molar-refractivity contribution in [3.63, 3.8) is 0 Å². The highest BCUT2D eigenvalue weighted by atomic mass is 35.5. The molecular formula is C93H106Cl3N18O31S2+. The van der Waals surface area contributed by atoms with Crippen molar-refractivity contribution in [1.82, 2.24) is 68.4 Å². The van der Waals surface area contributed by atoms with Gasteiger partial charge in [0.25, 0.3) is 11.8 Å². The summed E-state index contributed by atoms with van der Waals surface area (Å²) in [5.74, 6) is -21.2. The van der Waals surface area contributed by atoms with Crippen LogP contribution in [-0.2, 0) is 101 Å². The second-order valence-electron chi connectivity index (χ2n) is 36.1. The highest BCUT2D eigenvalue weighted by Gasteiger charge is 2.57. The fraction of sp³-hybridized carbons (Fsp3) is 0.419. The molecule has 54 heteroatoms. The number of aromatic hydroxyl groups is 3. The molecule has 16 rings (SSSR count). The van der Waals surface area contributed by atoms with E-state index in [9.17, 15) is 94.5 Å². The molecule has 9 aliphatic rings. The standard InChI is InChI=1S/C93H105Cl3N18O31S2/c1-35(2)20-48(100-5)80(127)108-67-71(121)39-10-13-52(46(94)22-39)141-54-24-41-25-55(76(54)145-91-77(75(125)74(124)56(33-115)143-91)144-60-28-93(4,99)78(126)36(3)140-60)142-53-14-11-40(23-47(53)95)72(122)68-86(133)107-64(89(135)136)44-26-51(117)45(73(123)61(44)43-21-38(9-12-50(43)116)62(82(129)109-68)106-83(130)63(41)105-81(128)49(27-57(97)118)104-85(67)132)30-101-17-18-102-58(119)15-16-59(120)103-29-37-8-7-19-113(31-37)32-42-34-146-88-69(87(134)114(88)70(42)90(137)138)110-84(131)66(112-139-6)65-79(96)147-92(98)111-65/h7-14,19,21-26,31,35-36,48-49,56,60,62-64,67-69,71-72,74-75,77-78,88,91,100-101,115,121-122,124-126H,15-18,20,27-30,32-34,99H2,1-6H3,(H17-,97,98,102,103,104,105,106,107,108,109,110,111,112,116,117,118,119,120,123,127,128,129,130,131,132,133,135,136,137,138)/p+1/t36-,48+,49-,56+,60-,62?,63+,64-,67+,68?,69+,71+,72+,74+,75-,77+,78+,88+,91-,93-/m0/s1. The fourth-order valence-electron chi connectivity index (χ4n) is 17.6. The molecule has 0 saturated carbocycles. The summed E-state index contributed by atoms with van der Waals surface area (Å²) in [6.45, 7) is 4.59. The normalized spacial score (nSPS) is 25.9. The number of phenolic OH excluding ortho intramolecular Hbond substituents is 3. The number of aliphatic carboxylic acids is 2. The van der Waals surface area contributed by atoms with Gasteiger partial charge in [0.1, 0.15) is 124 Å². The highest BCUT2D eigenvalue weighted by Crippen LogP contribution is 2.52. The molecule has 2 aromatic heterocycles. The van der Waals surface area contributed by atoms with E-state index in [1.54, 1.807) is 42.9 Å². The number of aliphatic hydroxyl groups excluding tert-OH is 6. The van der Waals surface area contributed by atoms with Crippen LogP contribution in [0.5, 0.6) is 46.0 Å². The Labute approximate surface area is 858 Å². The smallest absolute Gasteiger partial charge is 0.352 e. The van der Waals surface area contributed by atoms with Gasteiger partial charge < -0.3 is 165 Å². The molecule has 28 N–H and O–H groups in total. The number of pyridine rings is 1. The van der Waals surface area contributed by atoms with E-state index in [2.05, 4.69) is 68.6 Å². The summed E-state index contributed by atoms with van der Waals surface area (Å²) in [4.78, 5) is 196. The summed E-state index contributed by atoms with van der Waals surface area (Å²) in [6, 6.07) is -0.433. The number of nitrogens with zero attached hydrogens (tertiary/aromatic N) is 4. The summed E-state index contributed by atoms with van der Waals surface area (Å²) in [6.07, 6.45) is -16.7. The van der Waals surface area contributed by atoms with E-state index in [-0.39, 0.29) is 101 Å². The molecule has 11 amide bonds. The van der Waals surface area contributed by atoms with Gasteiger partial charge in [-0.2, -0.15) is 0 Å². The number of β-lactam (4-membered cyclic amide) rings is 1. The number of carboxylic acid groups (broad SMARTS) is 2. The van der Waals surface area contributed by atoms with E-state index in [4.69, 9.17) is 85.3 Å². The third-order valence-electron chi connectivity index (χ3n) is 25.1. The molecule has 7 aromatic rings. The number of carbonyl (C=O) groups excluding carboxylic acids is 11. The number of nitrogen functional groups attached to an aromatic ring is 1. The van der Waals surface area contributed by atoms with Gasteiger partial charge in [-0.15, -0.1) is 11.8 Å². The largest absolute Gasteiger partial charge is 0.507 e. The first-order valence-electron chi connectivity index (χ1n) is 45.7. The van der Waals surface area contributed by atoms with Crippen LogP contribution < -0.4 is 94.5 Å². The first kappa shape index (κ1) is 109. The lowest BCUT2D eigenvalue weighted by Gasteiger charge is -2.49. The lowest BCUT2D eigenvalue weighted by atomic mass is 9.86. The number of ether oxygens (including phenoxy) is 6. The van der Waals surface area contributed by atoms with Gasteiger partial charge in [0.05, 0.1) is 46.9 Å². The number of aliphatic hydroxyl groups is 6. The Morgan fingerprint density at radius 1 is 0.741 bits per heavy atom. The Kier molecular flexibility index (Phi) is 34.4. The molecular weight excluding hydrogens is 2040 g/mol. The molecule has 2 unspecified atom stereocenters. The van der Waals surface area contributed by atoms with Crippen LogP contribution >= 0.6 is 57.9 Å². The van der Waals surface area contributed by atoms with E-state index in [1.807, 2.05) is 0 Å². The van der Waals surface area contributed by atoms with Gasteiger partial charge in [0, 0.05) is 90.6 Å². The highest BCUT2D eigenvalue weighted by molar-refractivity contribution is 8.00. The zero-order valence-electron chi connectivity index (χ0n) is 78.8. The number of amides is 11. The van der Waals surface area contributed by atoms with Crippen molar-refractivity contribution < 1.29 is 156 Å². The van der Waals surface area contributed by atoms with Crippen LogP contribution in [0.15, 0.2) is 114 Å². The predicted molar refractivity (Wildman–Crippen MR) is 516 cm³/mol. The number of nitrogens with two attached hydrogens (primary N) is 3. The third-order valence-corrected chi connectivity index (χ3v) is 28.1. The number of thiazole rings is 1. The van der Waals surface area contributed by atoms with Crippen molar-refractivity contribution in [3.8, 4) is 57.1 Å². The molecule has 9 aliphatic heterocycles. The number of fused-ring (bicyclic) bond motifs is 16. The third kappa shape index (κ3) is 24.4. The van der Waals surface area contributed by atoms with Crippen LogP contribution in [0.25, 0.3) is 11.1 Å². The van der Waals surface area contributed by atoms with E-state index >= 15 is 24.0 Å². The minimum absolute atomic E-state index is 0.0116. The van der Waals surface area contributed by atoms with Gasteiger partial charge in [-0.05, 0) is 116 Å². The number of likely N-dealkylation sites (N-methyl/N-ethyl adjacent to an activating group) is 1. The Balaban J connectivity index is 0.762. The van der Waals surface area contributed by atoms with Gasteiger partial charge >= 0.3 is 11.9 Å². The van der Waals surface area contributed by atoms with Crippen molar-refractivity contribution in [2.45, 2.75) is 200 Å². The maximum atomic E-state index is 16.5. The number of carboxylic acids is 2. The number of carbonyl (C=O) groups is 13. The molecule has 49 nitrogen and oxygen atoms in total. The Bertz CT molecular complexity index is 6400. The molecule has 3 fully saturated rings. The summed E-state index contributed by atoms with van der Waals surface area (Å²) in [7, 11) is 2.63. The topological polar surface area (TPSA) is 752 Å². The van der Waals surface area contributed by atoms with Gasteiger partial charge in [0.2, 0.25) is 65.2 Å². The maximum Gasteiger partial charge on any atom is 0.352 e. The van der Waals surface area contributed by atoms with E-state index in [1.165, 1.54) is 45.8 Å². The molecule has 11 heterocycles. The lowest BCUT2D eigenvalue weighted by molar-refractivity contribution is -0.689. The van der Waals surface area contributed by atoms with Crippen LogP contribution in [0, 0.1) is 5.92 Å². The molecule has 147 heavy (non-hydrogen) atoms. The summed E-state index contributed by atoms with van der Waals surface area (Å²) < 4.78 is 40.3. The number of hydrogen-bond donors (Lipinski definition) is 25. The zero-order chi connectivity index (χ0) is 106. The second kappa shape index (κ2) is 46.3. The molecule has 0 spiro atoms. The number of halogens is 3. The lowest BCUT2D eigenvalue weighted by Crippen LogP contribution is -2.71. The Hall–Kier alpha value is -13.5. The van der Waals surface area contributed by atoms with Gasteiger partial charge in [-0.25, -0.2) is 19.1 Å². The molecule has 0 radical (unpaired) electrons. The van der Waals surface area contributed by atoms with Crippen molar-refractivity contribution in [3.05, 3.63) is 168 Å². The molecule has 20 atom stereocenters. The average Bonchev–Trinajstić information content (AvgIpc) is 0.750. The van der Waals surface area contributed by atoms with Crippen LogP contribution in [0.3, 0.4) is 0 Å². The van der Waals surface area contributed by atoms with Crippen LogP contribution in [0.2, 0.25) is 14.4 Å². The number of primary amides is 1. The number of oxime groups is 1. The number of anilines is 1. The molecule has 0 aliphatic carbocycles. The maximum absolute atomic E-state index is 16.5. The number of benzene rings is 5. The monoisotopic (exact) mass is 2140 g/mol. The quantitative estimate of drug-likeness (QED) is 0.00860. The van der Waals surface area contributed by atoms with Gasteiger partial charge in [-0.1, -0.05) is 83.3 Å². The molecule has 3 saturated heterocycles. The number of thioether (sulfide) groups is 1. The number of phenols is 3. The number of nitrogens with one attached hydrogen (secondary N) is 11. The van der Waals surface area contributed by atoms with Gasteiger partial charge in [0.15, 0.2) is 59.7 Å². The molecule has 11 bridgehead atoms. The minimum atomic E-state index is -2.45. The van der Waals surface area contributed by atoms with Crippen molar-refractivity contribution >= 4 is 146 Å². The number of hydrogen-bond acceptors (Lipinski definition) is 37. The fourth-order valence-corrected chi connectivity index (χ4v) is 20.3. The Morgan fingerprint density at radius 2 is 1.39 bits per heavy atom. The van der Waals surface area contributed by atoms with E-state index in [0.717, 1.165) is 83.0 Å². The van der Waals surface area contributed by atoms with Crippen molar-refractivity contribution in [2.24, 2.45) is 22.5 Å². The van der Waals surface area contributed by atoms with E-state index in [0.29, 0.717) is 11.1 Å². The van der Waals surface area contributed by atoms with Crippen LogP contribution in [-0.4, -0.2) is 279 Å². The van der Waals surface area contributed by atoms with Gasteiger partial charge in [-0.3, -0.25) is 57.6 Å². The average molecular weight is 2140 g/mol. The summed E-state index contributed by atoms with van der Waals surface area (Å²) in [5, 5.41) is 159. The zero-order valence-corrected chi connectivity index (χ0v) is 82.7. The number of aromatic nitrogens is 2. The molecule has 5 aromatic carbocycles. The van der Waals surface area contributed by atoms with Crippen molar-refractivity contribution in [1.29, 1.82) is 0 Å². The summed E-state index contributed by atoms with van der Waals surface area (Å²) >= 11 is 22.6. The van der Waals surface area contributed by atoms with E-state index < -0.39 is 307 Å². The first-order valence-corrected chi connectivity index (χ1v) is 48.7.